The first-order chi connectivity index (χ1) is 9.67. The average molecular weight is 292 g/mol. The third-order valence-corrected chi connectivity index (χ3v) is 6.43. The lowest BCUT2D eigenvalue weighted by molar-refractivity contribution is 0.0366. The first kappa shape index (κ1) is 14.6. The Hall–Kier alpha value is -0.380. The molecule has 0 amide bonds. The van der Waals surface area contributed by atoms with Gasteiger partial charge in [-0.2, -0.15) is 0 Å². The van der Waals surface area contributed by atoms with Crippen molar-refractivity contribution in [3.8, 4) is 0 Å². The summed E-state index contributed by atoms with van der Waals surface area (Å²) in [5.74, 6) is 0. The standard InChI is InChI=1S/C17H28N2S/c1-4-13-11-18-17(3,5-2)12-19(13)15-7-6-8-16-14(15)9-10-20-16/h9-10,13,15,18H,4-8,11-12H2,1-3H3. The molecule has 3 unspecified atom stereocenters. The molecule has 3 atom stereocenters. The highest BCUT2D eigenvalue weighted by atomic mass is 32.1. The molecule has 1 aromatic heterocycles. The summed E-state index contributed by atoms with van der Waals surface area (Å²) in [5.41, 5.74) is 1.93. The number of nitrogens with zero attached hydrogens (tertiary/aromatic N) is 1. The van der Waals surface area contributed by atoms with Crippen LogP contribution in [-0.4, -0.2) is 29.6 Å². The van der Waals surface area contributed by atoms with Gasteiger partial charge in [0.05, 0.1) is 0 Å². The number of hydrogen-bond donors (Lipinski definition) is 1. The van der Waals surface area contributed by atoms with Crippen LogP contribution >= 0.6 is 11.3 Å². The van der Waals surface area contributed by atoms with Gasteiger partial charge in [0.25, 0.3) is 0 Å². The monoisotopic (exact) mass is 292 g/mol. The summed E-state index contributed by atoms with van der Waals surface area (Å²) >= 11 is 1.97. The Morgan fingerprint density at radius 2 is 2.30 bits per heavy atom. The van der Waals surface area contributed by atoms with E-state index in [4.69, 9.17) is 0 Å². The van der Waals surface area contributed by atoms with Crippen molar-refractivity contribution in [2.24, 2.45) is 0 Å². The van der Waals surface area contributed by atoms with E-state index in [0.717, 1.165) is 6.54 Å². The number of thiophene rings is 1. The molecular weight excluding hydrogens is 264 g/mol. The number of aryl methyl sites for hydroxylation is 1. The van der Waals surface area contributed by atoms with E-state index in [1.54, 1.807) is 10.4 Å². The fraction of sp³-hybridized carbons (Fsp3) is 0.765. The van der Waals surface area contributed by atoms with Crippen LogP contribution in [0.15, 0.2) is 11.4 Å². The van der Waals surface area contributed by atoms with Crippen LogP contribution in [0.4, 0.5) is 0 Å². The molecule has 112 valence electrons. The molecule has 1 aromatic rings. The van der Waals surface area contributed by atoms with Crippen molar-refractivity contribution in [2.45, 2.75) is 70.5 Å². The van der Waals surface area contributed by atoms with Gasteiger partial charge >= 0.3 is 0 Å². The maximum Gasteiger partial charge on any atom is 0.0363 e. The summed E-state index contributed by atoms with van der Waals surface area (Å²) in [6, 6.07) is 3.76. The van der Waals surface area contributed by atoms with Gasteiger partial charge in [-0.1, -0.05) is 13.8 Å². The van der Waals surface area contributed by atoms with Crippen LogP contribution in [0.25, 0.3) is 0 Å². The molecule has 0 spiro atoms. The highest BCUT2D eigenvalue weighted by Crippen LogP contribution is 2.40. The molecule has 1 fully saturated rings. The summed E-state index contributed by atoms with van der Waals surface area (Å²) in [4.78, 5) is 4.47. The molecule has 2 heterocycles. The molecule has 0 bridgehead atoms. The summed E-state index contributed by atoms with van der Waals surface area (Å²) < 4.78 is 0. The largest absolute Gasteiger partial charge is 0.309 e. The maximum atomic E-state index is 3.79. The number of piperazine rings is 1. The van der Waals surface area contributed by atoms with Gasteiger partial charge < -0.3 is 5.32 Å². The normalized spacial score (nSPS) is 35.0. The second kappa shape index (κ2) is 5.78. The molecule has 1 N–H and O–H groups in total. The minimum atomic E-state index is 0.291. The molecule has 1 aliphatic carbocycles. The van der Waals surface area contributed by atoms with E-state index in [9.17, 15) is 0 Å². The zero-order valence-electron chi connectivity index (χ0n) is 13.1. The van der Waals surface area contributed by atoms with Crippen LogP contribution in [0.5, 0.6) is 0 Å². The summed E-state index contributed by atoms with van der Waals surface area (Å²) in [6.45, 7) is 9.39. The van der Waals surface area contributed by atoms with Crippen LogP contribution in [-0.2, 0) is 6.42 Å². The first-order valence-corrected chi connectivity index (χ1v) is 9.12. The molecule has 20 heavy (non-hydrogen) atoms. The minimum absolute atomic E-state index is 0.291. The van der Waals surface area contributed by atoms with Crippen molar-refractivity contribution in [3.05, 3.63) is 21.9 Å². The Bertz CT molecular complexity index is 456. The lowest BCUT2D eigenvalue weighted by Gasteiger charge is -2.50. The molecular formula is C17H28N2S. The molecule has 0 radical (unpaired) electrons. The highest BCUT2D eigenvalue weighted by molar-refractivity contribution is 7.10. The van der Waals surface area contributed by atoms with Gasteiger partial charge in [-0.25, -0.2) is 0 Å². The maximum absolute atomic E-state index is 3.79. The van der Waals surface area contributed by atoms with Gasteiger partial charge in [0.2, 0.25) is 0 Å². The summed E-state index contributed by atoms with van der Waals surface area (Å²) in [7, 11) is 0. The van der Waals surface area contributed by atoms with Gasteiger partial charge in [0.1, 0.15) is 0 Å². The fourth-order valence-electron chi connectivity index (χ4n) is 3.86. The van der Waals surface area contributed by atoms with Crippen LogP contribution in [0.1, 0.15) is 62.9 Å². The Labute approximate surface area is 127 Å². The van der Waals surface area contributed by atoms with E-state index in [2.05, 4.69) is 42.4 Å². The van der Waals surface area contributed by atoms with Crippen LogP contribution < -0.4 is 5.32 Å². The molecule has 0 aromatic carbocycles. The lowest BCUT2D eigenvalue weighted by Crippen LogP contribution is -2.63. The number of nitrogens with one attached hydrogen (secondary N) is 1. The first-order valence-electron chi connectivity index (χ1n) is 8.24. The van der Waals surface area contributed by atoms with E-state index in [-0.39, 0.29) is 0 Å². The summed E-state index contributed by atoms with van der Waals surface area (Å²) in [5, 5.41) is 6.09. The van der Waals surface area contributed by atoms with Crippen molar-refractivity contribution in [1.29, 1.82) is 0 Å². The molecule has 2 aliphatic rings. The van der Waals surface area contributed by atoms with Crippen molar-refractivity contribution in [2.75, 3.05) is 13.1 Å². The second-order valence-electron chi connectivity index (χ2n) is 6.74. The van der Waals surface area contributed by atoms with Gasteiger partial charge in [0, 0.05) is 35.6 Å². The lowest BCUT2D eigenvalue weighted by atomic mass is 9.86. The number of hydrogen-bond acceptors (Lipinski definition) is 3. The molecule has 3 heteroatoms. The Balaban J connectivity index is 1.87. The topological polar surface area (TPSA) is 15.3 Å². The van der Waals surface area contributed by atoms with E-state index in [1.807, 2.05) is 11.3 Å². The van der Waals surface area contributed by atoms with Crippen molar-refractivity contribution in [3.63, 3.8) is 0 Å². The fourth-order valence-corrected chi connectivity index (χ4v) is 4.84. The Morgan fingerprint density at radius 3 is 3.05 bits per heavy atom. The summed E-state index contributed by atoms with van der Waals surface area (Å²) in [6.07, 6.45) is 6.48. The van der Waals surface area contributed by atoms with Gasteiger partial charge in [-0.15, -0.1) is 11.3 Å². The molecule has 3 rings (SSSR count). The van der Waals surface area contributed by atoms with Crippen molar-refractivity contribution >= 4 is 11.3 Å². The number of fused-ring (bicyclic) bond motifs is 1. The van der Waals surface area contributed by atoms with Gasteiger partial charge in [-0.05, 0) is 56.0 Å². The van der Waals surface area contributed by atoms with E-state index in [1.165, 1.54) is 38.6 Å². The minimum Gasteiger partial charge on any atom is -0.309 e. The van der Waals surface area contributed by atoms with Crippen molar-refractivity contribution in [1.82, 2.24) is 10.2 Å². The number of rotatable bonds is 3. The predicted molar refractivity (Wildman–Crippen MR) is 87.5 cm³/mol. The predicted octanol–water partition coefficient (Wildman–Crippen LogP) is 3.98. The molecule has 1 saturated heterocycles. The van der Waals surface area contributed by atoms with Crippen LogP contribution in [0.3, 0.4) is 0 Å². The quantitative estimate of drug-likeness (QED) is 0.906. The average Bonchev–Trinajstić information content (AvgIpc) is 2.95. The molecule has 0 saturated carbocycles. The molecule has 2 nitrogen and oxygen atoms in total. The second-order valence-corrected chi connectivity index (χ2v) is 7.74. The Kier molecular flexibility index (Phi) is 4.21. The SMILES string of the molecule is CCC1CNC(C)(CC)CN1C1CCCc2sccc21. The van der Waals surface area contributed by atoms with Gasteiger partial charge in [0.15, 0.2) is 0 Å². The third-order valence-electron chi connectivity index (χ3n) is 5.44. The smallest absolute Gasteiger partial charge is 0.0363 e. The van der Waals surface area contributed by atoms with Crippen LogP contribution in [0.2, 0.25) is 0 Å². The Morgan fingerprint density at radius 1 is 1.45 bits per heavy atom. The van der Waals surface area contributed by atoms with E-state index in [0.29, 0.717) is 17.6 Å². The molecule has 1 aliphatic heterocycles. The van der Waals surface area contributed by atoms with Crippen LogP contribution in [0, 0.1) is 0 Å². The van der Waals surface area contributed by atoms with Gasteiger partial charge in [-0.3, -0.25) is 4.90 Å². The van der Waals surface area contributed by atoms with Crippen molar-refractivity contribution < 1.29 is 0 Å². The third kappa shape index (κ3) is 2.56. The zero-order valence-corrected chi connectivity index (χ0v) is 13.9. The van der Waals surface area contributed by atoms with E-state index >= 15 is 0 Å². The zero-order chi connectivity index (χ0) is 14.2. The van der Waals surface area contributed by atoms with E-state index < -0.39 is 0 Å². The highest BCUT2D eigenvalue weighted by Gasteiger charge is 2.39.